The normalized spacial score (nSPS) is 10.2. The van der Waals surface area contributed by atoms with Crippen LogP contribution in [0.15, 0.2) is 35.2 Å². The molecular weight excluding hydrogens is 180 g/mol. The first-order valence-electron chi connectivity index (χ1n) is 4.08. The van der Waals surface area contributed by atoms with Crippen molar-refractivity contribution in [3.05, 3.63) is 40.7 Å². The lowest BCUT2D eigenvalue weighted by Crippen LogP contribution is -1.96. The Labute approximate surface area is 81.1 Å². The largest absolute Gasteiger partial charge is 0.326 e. The minimum absolute atomic E-state index is 0.552. The van der Waals surface area contributed by atoms with E-state index in [2.05, 4.69) is 16.4 Å². The molecule has 2 N–H and O–H groups in total. The summed E-state index contributed by atoms with van der Waals surface area (Å²) in [4.78, 5) is 4.32. The lowest BCUT2D eigenvalue weighted by atomic mass is 10.2. The van der Waals surface area contributed by atoms with Crippen molar-refractivity contribution in [3.63, 3.8) is 0 Å². The molecule has 66 valence electrons. The van der Waals surface area contributed by atoms with Gasteiger partial charge < -0.3 is 5.73 Å². The molecule has 13 heavy (non-hydrogen) atoms. The Morgan fingerprint density at radius 3 is 2.77 bits per heavy atom. The topological polar surface area (TPSA) is 38.9 Å². The molecule has 0 aliphatic carbocycles. The van der Waals surface area contributed by atoms with Gasteiger partial charge in [-0.2, -0.15) is 11.3 Å². The fraction of sp³-hybridized carbons (Fsp3) is 0.100. The molecular formula is C10H10N2S. The zero-order valence-electron chi connectivity index (χ0n) is 7.10. The van der Waals surface area contributed by atoms with Gasteiger partial charge in [0.15, 0.2) is 0 Å². The first kappa shape index (κ1) is 8.41. The third kappa shape index (κ3) is 1.76. The smallest absolute Gasteiger partial charge is 0.0710 e. The molecule has 0 radical (unpaired) electrons. The lowest BCUT2D eigenvalue weighted by molar-refractivity contribution is 1.05. The molecule has 2 heterocycles. The van der Waals surface area contributed by atoms with Crippen molar-refractivity contribution in [2.75, 3.05) is 0 Å². The molecule has 0 bridgehead atoms. The second-order valence-electron chi connectivity index (χ2n) is 2.77. The second kappa shape index (κ2) is 3.68. The highest BCUT2D eigenvalue weighted by Crippen LogP contribution is 2.19. The van der Waals surface area contributed by atoms with Gasteiger partial charge in [0.2, 0.25) is 0 Å². The molecule has 0 saturated heterocycles. The summed E-state index contributed by atoms with van der Waals surface area (Å²) in [5, 5.41) is 4.14. The second-order valence-corrected chi connectivity index (χ2v) is 3.55. The summed E-state index contributed by atoms with van der Waals surface area (Å²) in [7, 11) is 0. The Hall–Kier alpha value is -1.19. The minimum Gasteiger partial charge on any atom is -0.326 e. The van der Waals surface area contributed by atoms with Gasteiger partial charge in [-0.3, -0.25) is 4.98 Å². The van der Waals surface area contributed by atoms with E-state index in [0.29, 0.717) is 6.54 Å². The SMILES string of the molecule is NCc1ccc(-c2ccsc2)nc1. The predicted molar refractivity (Wildman–Crippen MR) is 55.4 cm³/mol. The van der Waals surface area contributed by atoms with E-state index in [-0.39, 0.29) is 0 Å². The standard InChI is InChI=1S/C10H10N2S/c11-5-8-1-2-10(12-6-8)9-3-4-13-7-9/h1-4,6-7H,5,11H2. The van der Waals surface area contributed by atoms with Gasteiger partial charge in [0.25, 0.3) is 0 Å². The molecule has 0 aliphatic rings. The highest BCUT2D eigenvalue weighted by molar-refractivity contribution is 7.08. The maximum atomic E-state index is 5.48. The molecule has 2 rings (SSSR count). The third-order valence-electron chi connectivity index (χ3n) is 1.88. The molecule has 0 aliphatic heterocycles. The zero-order chi connectivity index (χ0) is 9.10. The maximum Gasteiger partial charge on any atom is 0.0710 e. The Balaban J connectivity index is 2.33. The molecule has 0 unspecified atom stereocenters. The van der Waals surface area contributed by atoms with Gasteiger partial charge in [-0.1, -0.05) is 6.07 Å². The van der Waals surface area contributed by atoms with Crippen LogP contribution in [0, 0.1) is 0 Å². The Morgan fingerprint density at radius 1 is 1.31 bits per heavy atom. The Kier molecular flexibility index (Phi) is 2.38. The quantitative estimate of drug-likeness (QED) is 0.789. The number of rotatable bonds is 2. The van der Waals surface area contributed by atoms with Crippen LogP contribution in [0.4, 0.5) is 0 Å². The number of nitrogens with two attached hydrogens (primary N) is 1. The van der Waals surface area contributed by atoms with Crippen molar-refractivity contribution < 1.29 is 0 Å². The van der Waals surface area contributed by atoms with Gasteiger partial charge in [0.05, 0.1) is 5.69 Å². The maximum absolute atomic E-state index is 5.48. The lowest BCUT2D eigenvalue weighted by Gasteiger charge is -1.98. The average molecular weight is 190 g/mol. The minimum atomic E-state index is 0.552. The van der Waals surface area contributed by atoms with E-state index in [1.807, 2.05) is 23.7 Å². The average Bonchev–Trinajstić information content (AvgIpc) is 2.71. The number of aromatic nitrogens is 1. The number of nitrogens with zero attached hydrogens (tertiary/aromatic N) is 1. The van der Waals surface area contributed by atoms with Gasteiger partial charge in [0, 0.05) is 23.7 Å². The van der Waals surface area contributed by atoms with Gasteiger partial charge in [-0.05, 0) is 23.1 Å². The highest BCUT2D eigenvalue weighted by Gasteiger charge is 1.98. The van der Waals surface area contributed by atoms with Gasteiger partial charge in [-0.15, -0.1) is 0 Å². The monoisotopic (exact) mass is 190 g/mol. The number of hydrogen-bond acceptors (Lipinski definition) is 3. The molecule has 0 spiro atoms. The van der Waals surface area contributed by atoms with Crippen molar-refractivity contribution in [1.82, 2.24) is 4.98 Å². The molecule has 0 aromatic carbocycles. The predicted octanol–water partition coefficient (Wildman–Crippen LogP) is 2.27. The number of pyridine rings is 1. The van der Waals surface area contributed by atoms with Gasteiger partial charge >= 0.3 is 0 Å². The van der Waals surface area contributed by atoms with E-state index in [0.717, 1.165) is 11.3 Å². The number of hydrogen-bond donors (Lipinski definition) is 1. The summed E-state index contributed by atoms with van der Waals surface area (Å²) >= 11 is 1.68. The van der Waals surface area contributed by atoms with Crippen LogP contribution < -0.4 is 5.73 Å². The van der Waals surface area contributed by atoms with Crippen LogP contribution in [0.1, 0.15) is 5.56 Å². The highest BCUT2D eigenvalue weighted by atomic mass is 32.1. The fourth-order valence-electron chi connectivity index (χ4n) is 1.13. The van der Waals surface area contributed by atoms with E-state index in [1.165, 1.54) is 5.56 Å². The van der Waals surface area contributed by atoms with Gasteiger partial charge in [-0.25, -0.2) is 0 Å². The van der Waals surface area contributed by atoms with Gasteiger partial charge in [0.1, 0.15) is 0 Å². The van der Waals surface area contributed by atoms with E-state index in [9.17, 15) is 0 Å². The first-order valence-corrected chi connectivity index (χ1v) is 5.02. The van der Waals surface area contributed by atoms with Crippen LogP contribution in [0.2, 0.25) is 0 Å². The van der Waals surface area contributed by atoms with E-state index in [4.69, 9.17) is 5.73 Å². The molecule has 0 fully saturated rings. The van der Waals surface area contributed by atoms with Crippen LogP contribution in [-0.2, 0) is 6.54 Å². The Morgan fingerprint density at radius 2 is 2.23 bits per heavy atom. The zero-order valence-corrected chi connectivity index (χ0v) is 7.92. The van der Waals surface area contributed by atoms with Crippen molar-refractivity contribution in [3.8, 4) is 11.3 Å². The van der Waals surface area contributed by atoms with Crippen LogP contribution in [0.25, 0.3) is 11.3 Å². The summed E-state index contributed by atoms with van der Waals surface area (Å²) in [5.74, 6) is 0. The molecule has 2 aromatic heterocycles. The summed E-state index contributed by atoms with van der Waals surface area (Å²) in [6, 6.07) is 6.08. The molecule has 3 heteroatoms. The summed E-state index contributed by atoms with van der Waals surface area (Å²) < 4.78 is 0. The van der Waals surface area contributed by atoms with Crippen molar-refractivity contribution >= 4 is 11.3 Å². The van der Waals surface area contributed by atoms with Crippen LogP contribution in [0.5, 0.6) is 0 Å². The Bertz CT molecular complexity index is 364. The van der Waals surface area contributed by atoms with Crippen molar-refractivity contribution in [2.45, 2.75) is 6.54 Å². The fourth-order valence-corrected chi connectivity index (χ4v) is 1.78. The molecule has 0 atom stereocenters. The summed E-state index contributed by atoms with van der Waals surface area (Å²) in [6.07, 6.45) is 1.83. The van der Waals surface area contributed by atoms with Crippen LogP contribution in [-0.4, -0.2) is 4.98 Å². The molecule has 2 nitrogen and oxygen atoms in total. The van der Waals surface area contributed by atoms with E-state index >= 15 is 0 Å². The molecule has 0 saturated carbocycles. The molecule has 2 aromatic rings. The third-order valence-corrected chi connectivity index (χ3v) is 2.56. The number of thiophene rings is 1. The first-order chi connectivity index (χ1) is 6.40. The van der Waals surface area contributed by atoms with E-state index < -0.39 is 0 Å². The molecule has 0 amide bonds. The summed E-state index contributed by atoms with van der Waals surface area (Å²) in [6.45, 7) is 0.552. The van der Waals surface area contributed by atoms with E-state index in [1.54, 1.807) is 11.3 Å². The van der Waals surface area contributed by atoms with Crippen molar-refractivity contribution in [1.29, 1.82) is 0 Å². The summed E-state index contributed by atoms with van der Waals surface area (Å²) in [5.41, 5.74) is 8.74. The van der Waals surface area contributed by atoms with Crippen molar-refractivity contribution in [2.24, 2.45) is 5.73 Å². The van der Waals surface area contributed by atoms with Crippen LogP contribution in [0.3, 0.4) is 0 Å². The van der Waals surface area contributed by atoms with Crippen LogP contribution >= 0.6 is 11.3 Å².